The molecule has 0 atom stereocenters. The van der Waals surface area contributed by atoms with Crippen LogP contribution in [0.4, 0.5) is 0 Å². The average Bonchev–Trinajstić information content (AvgIpc) is 2.05. The van der Waals surface area contributed by atoms with E-state index in [1.807, 2.05) is 18.9 Å². The van der Waals surface area contributed by atoms with Crippen LogP contribution in [-0.2, 0) is 4.74 Å². The molecule has 0 amide bonds. The zero-order valence-electron chi connectivity index (χ0n) is 8.09. The molecule has 0 aromatic rings. The smallest absolute Gasteiger partial charge is 0.168 e. The summed E-state index contributed by atoms with van der Waals surface area (Å²) in [5.41, 5.74) is 0. The van der Waals surface area contributed by atoms with Gasteiger partial charge in [0, 0.05) is 33.9 Å². The van der Waals surface area contributed by atoms with Crippen LogP contribution in [-0.4, -0.2) is 43.9 Å². The Morgan fingerprint density at radius 2 is 2.25 bits per heavy atom. The number of hydrogen-bond acceptors (Lipinski definition) is 2. The van der Waals surface area contributed by atoms with Crippen LogP contribution in [0.2, 0.25) is 0 Å². The summed E-state index contributed by atoms with van der Waals surface area (Å²) in [6.07, 6.45) is 1.01. The molecule has 0 aromatic heterocycles. The Balaban J connectivity index is 3.42. The molecular weight excluding hydrogens is 172 g/mol. The Hall–Kier alpha value is -0.350. The molecule has 0 spiro atoms. The Morgan fingerprint density at radius 3 is 2.75 bits per heavy atom. The topological polar surface area (TPSA) is 24.5 Å². The Morgan fingerprint density at radius 1 is 1.58 bits per heavy atom. The molecule has 0 rings (SSSR count). The summed E-state index contributed by atoms with van der Waals surface area (Å²) in [7, 11) is 3.70. The number of nitrogens with zero attached hydrogens (tertiary/aromatic N) is 1. The monoisotopic (exact) mass is 190 g/mol. The van der Waals surface area contributed by atoms with E-state index in [0.29, 0.717) is 0 Å². The lowest BCUT2D eigenvalue weighted by Crippen LogP contribution is -2.37. The quantitative estimate of drug-likeness (QED) is 0.513. The average molecular weight is 190 g/mol. The molecule has 72 valence electrons. The van der Waals surface area contributed by atoms with E-state index < -0.39 is 0 Å². The van der Waals surface area contributed by atoms with Crippen molar-refractivity contribution in [3.8, 4) is 0 Å². The SMILES string of the molecule is CCNC(=S)N(C)CCCOC. The number of nitrogens with one attached hydrogen (secondary N) is 1. The fraction of sp³-hybridized carbons (Fsp3) is 0.875. The van der Waals surface area contributed by atoms with Crippen molar-refractivity contribution < 1.29 is 4.74 Å². The molecule has 0 bridgehead atoms. The molecule has 1 N–H and O–H groups in total. The van der Waals surface area contributed by atoms with Crippen LogP contribution in [0.1, 0.15) is 13.3 Å². The van der Waals surface area contributed by atoms with Gasteiger partial charge in [0.1, 0.15) is 0 Å². The van der Waals surface area contributed by atoms with E-state index in [4.69, 9.17) is 17.0 Å². The number of thiocarbonyl (C=S) groups is 1. The van der Waals surface area contributed by atoms with Crippen molar-refractivity contribution in [3.05, 3.63) is 0 Å². The summed E-state index contributed by atoms with van der Waals surface area (Å²) in [6.45, 7) is 4.65. The largest absolute Gasteiger partial charge is 0.385 e. The predicted octanol–water partition coefficient (Wildman–Crippen LogP) is 0.849. The molecule has 0 heterocycles. The third-order valence-corrected chi connectivity index (χ3v) is 1.97. The zero-order valence-corrected chi connectivity index (χ0v) is 8.91. The van der Waals surface area contributed by atoms with E-state index in [1.165, 1.54) is 0 Å². The van der Waals surface area contributed by atoms with E-state index in [-0.39, 0.29) is 0 Å². The highest BCUT2D eigenvalue weighted by atomic mass is 32.1. The third kappa shape index (κ3) is 5.32. The van der Waals surface area contributed by atoms with Crippen molar-refractivity contribution in [2.24, 2.45) is 0 Å². The maximum Gasteiger partial charge on any atom is 0.168 e. The molecule has 0 aliphatic heterocycles. The van der Waals surface area contributed by atoms with Crippen molar-refractivity contribution in [1.82, 2.24) is 10.2 Å². The molecule has 0 aromatic carbocycles. The normalized spacial score (nSPS) is 9.58. The van der Waals surface area contributed by atoms with Gasteiger partial charge in [0.25, 0.3) is 0 Å². The molecule has 0 aliphatic rings. The summed E-state index contributed by atoms with van der Waals surface area (Å²) < 4.78 is 4.94. The first-order valence-corrected chi connectivity index (χ1v) is 4.61. The van der Waals surface area contributed by atoms with Gasteiger partial charge in [-0.15, -0.1) is 0 Å². The number of ether oxygens (including phenoxy) is 1. The summed E-state index contributed by atoms with van der Waals surface area (Å²) in [4.78, 5) is 2.03. The second-order valence-corrected chi connectivity index (χ2v) is 2.99. The van der Waals surface area contributed by atoms with Gasteiger partial charge in [0.15, 0.2) is 5.11 Å². The van der Waals surface area contributed by atoms with Gasteiger partial charge in [-0.05, 0) is 25.6 Å². The van der Waals surface area contributed by atoms with Crippen LogP contribution in [0.3, 0.4) is 0 Å². The number of rotatable bonds is 5. The Labute approximate surface area is 80.1 Å². The van der Waals surface area contributed by atoms with Crippen LogP contribution in [0.25, 0.3) is 0 Å². The predicted molar refractivity (Wildman–Crippen MR) is 55.4 cm³/mol. The number of hydrogen-bond donors (Lipinski definition) is 1. The summed E-state index contributed by atoms with van der Waals surface area (Å²) >= 11 is 5.10. The van der Waals surface area contributed by atoms with Gasteiger partial charge in [0.2, 0.25) is 0 Å². The molecule has 0 aliphatic carbocycles. The van der Waals surface area contributed by atoms with Crippen molar-refractivity contribution >= 4 is 17.3 Å². The molecule has 0 unspecified atom stereocenters. The fourth-order valence-corrected chi connectivity index (χ4v) is 1.07. The second kappa shape index (κ2) is 7.31. The molecule has 3 nitrogen and oxygen atoms in total. The van der Waals surface area contributed by atoms with Crippen LogP contribution < -0.4 is 5.32 Å². The van der Waals surface area contributed by atoms with Gasteiger partial charge < -0.3 is 15.0 Å². The lowest BCUT2D eigenvalue weighted by molar-refractivity contribution is 0.188. The highest BCUT2D eigenvalue weighted by Gasteiger charge is 2.00. The van der Waals surface area contributed by atoms with Gasteiger partial charge in [-0.3, -0.25) is 0 Å². The fourth-order valence-electron chi connectivity index (χ4n) is 0.834. The van der Waals surface area contributed by atoms with Crippen LogP contribution in [0.5, 0.6) is 0 Å². The van der Waals surface area contributed by atoms with Crippen molar-refractivity contribution in [1.29, 1.82) is 0 Å². The van der Waals surface area contributed by atoms with Gasteiger partial charge >= 0.3 is 0 Å². The van der Waals surface area contributed by atoms with Crippen molar-refractivity contribution in [2.75, 3.05) is 33.9 Å². The summed E-state index contributed by atoms with van der Waals surface area (Å²) in [5, 5.41) is 3.90. The van der Waals surface area contributed by atoms with Crippen LogP contribution in [0.15, 0.2) is 0 Å². The first-order chi connectivity index (χ1) is 5.72. The first kappa shape index (κ1) is 11.6. The third-order valence-electron chi connectivity index (χ3n) is 1.52. The molecule has 0 saturated carbocycles. The standard InChI is InChI=1S/C8H18N2OS/c1-4-9-8(12)10(2)6-5-7-11-3/h4-7H2,1-3H3,(H,9,12). The van der Waals surface area contributed by atoms with Gasteiger partial charge in [0.05, 0.1) is 0 Å². The Bertz CT molecular complexity index is 130. The summed E-state index contributed by atoms with van der Waals surface area (Å²) in [6, 6.07) is 0. The van der Waals surface area contributed by atoms with E-state index in [0.717, 1.165) is 31.2 Å². The first-order valence-electron chi connectivity index (χ1n) is 4.20. The van der Waals surface area contributed by atoms with Crippen molar-refractivity contribution in [3.63, 3.8) is 0 Å². The molecular formula is C8H18N2OS. The van der Waals surface area contributed by atoms with E-state index in [2.05, 4.69) is 5.32 Å². The minimum absolute atomic E-state index is 0.791. The van der Waals surface area contributed by atoms with E-state index in [1.54, 1.807) is 7.11 Å². The molecule has 4 heteroatoms. The van der Waals surface area contributed by atoms with Crippen LogP contribution >= 0.6 is 12.2 Å². The molecule has 0 saturated heterocycles. The second-order valence-electron chi connectivity index (χ2n) is 2.60. The minimum Gasteiger partial charge on any atom is -0.385 e. The van der Waals surface area contributed by atoms with Gasteiger partial charge in [-0.25, -0.2) is 0 Å². The zero-order chi connectivity index (χ0) is 9.40. The lowest BCUT2D eigenvalue weighted by Gasteiger charge is -2.19. The molecule has 0 fully saturated rings. The van der Waals surface area contributed by atoms with Gasteiger partial charge in [-0.2, -0.15) is 0 Å². The molecule has 0 radical (unpaired) electrons. The van der Waals surface area contributed by atoms with E-state index >= 15 is 0 Å². The van der Waals surface area contributed by atoms with E-state index in [9.17, 15) is 0 Å². The van der Waals surface area contributed by atoms with Gasteiger partial charge in [-0.1, -0.05) is 0 Å². The van der Waals surface area contributed by atoms with Crippen LogP contribution in [0, 0.1) is 0 Å². The van der Waals surface area contributed by atoms with Crippen molar-refractivity contribution in [2.45, 2.75) is 13.3 Å². The highest BCUT2D eigenvalue weighted by Crippen LogP contribution is 1.89. The number of methoxy groups -OCH3 is 1. The highest BCUT2D eigenvalue weighted by molar-refractivity contribution is 7.80. The molecule has 12 heavy (non-hydrogen) atoms. The maximum absolute atomic E-state index is 5.10. The lowest BCUT2D eigenvalue weighted by atomic mass is 10.4. The maximum atomic E-state index is 5.10. The minimum atomic E-state index is 0.791. The summed E-state index contributed by atoms with van der Waals surface area (Å²) in [5.74, 6) is 0. The Kier molecular flexibility index (Phi) is 7.09.